The molecule has 0 saturated heterocycles. The number of anilines is 1. The Morgan fingerprint density at radius 3 is 2.60 bits per heavy atom. The Bertz CT molecular complexity index is 1790. The number of halogens is 2. The summed E-state index contributed by atoms with van der Waals surface area (Å²) in [6.07, 6.45) is 1.37. The van der Waals surface area contributed by atoms with Crippen LogP contribution in [0, 0.1) is 17.0 Å². The van der Waals surface area contributed by atoms with Crippen molar-refractivity contribution in [2.24, 2.45) is 5.73 Å². The zero-order valence-electron chi connectivity index (χ0n) is 20.8. The molecule has 0 saturated carbocycles. The number of hydrogen-bond acceptors (Lipinski definition) is 10. The lowest BCUT2D eigenvalue weighted by molar-refractivity contribution is -0.394. The van der Waals surface area contributed by atoms with Crippen molar-refractivity contribution in [3.05, 3.63) is 62.9 Å². The summed E-state index contributed by atoms with van der Waals surface area (Å²) in [5.74, 6) is -2.20. The van der Waals surface area contributed by atoms with Gasteiger partial charge in [0.2, 0.25) is 6.33 Å². The number of nitrogens with one attached hydrogen (secondary N) is 1. The second kappa shape index (κ2) is 10.2. The molecule has 0 unspecified atom stereocenters. The van der Waals surface area contributed by atoms with Gasteiger partial charge in [0.05, 0.1) is 11.4 Å². The molecule has 5 aromatic rings. The molecule has 15 nitrogen and oxygen atoms in total. The van der Waals surface area contributed by atoms with Gasteiger partial charge in [-0.1, -0.05) is 4.98 Å². The summed E-state index contributed by atoms with van der Waals surface area (Å²) in [5, 5.41) is 25.9. The smallest absolute Gasteiger partial charge is 0.390 e. The molecule has 3 N–H and O–H groups in total. The topological polar surface area (TPSA) is 195 Å². The number of amides is 2. The standard InChI is InChI=1S/C22H19F2N11O4S/c1-3-32-7-12(10(2)29-32)11-6-14(18(23)24)27-21-15(11)16(17(40-21)19(25)36)28-20(37)13-4-5-33(30-13)9-34-8-26-22(31-34)35(38)39/h4-8,18H,3,9H2,1-2H3,(H2,25,36)(H,28,37). The summed E-state index contributed by atoms with van der Waals surface area (Å²) in [7, 11) is 0. The van der Waals surface area contributed by atoms with Crippen molar-refractivity contribution in [1.29, 1.82) is 0 Å². The Morgan fingerprint density at radius 2 is 1.98 bits per heavy atom. The van der Waals surface area contributed by atoms with Gasteiger partial charge in [-0.2, -0.15) is 14.9 Å². The largest absolute Gasteiger partial charge is 0.491 e. The molecule has 5 heterocycles. The molecule has 5 aromatic heterocycles. The zero-order valence-corrected chi connectivity index (χ0v) is 21.6. The number of primary amides is 1. The highest BCUT2D eigenvalue weighted by molar-refractivity contribution is 7.21. The summed E-state index contributed by atoms with van der Waals surface area (Å²) < 4.78 is 31.6. The lowest BCUT2D eigenvalue weighted by atomic mass is 10.0. The predicted molar refractivity (Wildman–Crippen MR) is 137 cm³/mol. The van der Waals surface area contributed by atoms with Crippen molar-refractivity contribution in [2.45, 2.75) is 33.5 Å². The molecule has 2 amide bonds. The molecule has 40 heavy (non-hydrogen) atoms. The number of pyridine rings is 1. The first-order valence-electron chi connectivity index (χ1n) is 11.5. The summed E-state index contributed by atoms with van der Waals surface area (Å²) in [4.78, 5) is 43.2. The van der Waals surface area contributed by atoms with Crippen LogP contribution in [0.15, 0.2) is 30.9 Å². The number of alkyl halides is 2. The van der Waals surface area contributed by atoms with Gasteiger partial charge < -0.3 is 21.2 Å². The van der Waals surface area contributed by atoms with Gasteiger partial charge in [-0.3, -0.25) is 14.3 Å². The maximum absolute atomic E-state index is 13.8. The maximum Gasteiger partial charge on any atom is 0.491 e. The number of fused-ring (bicyclic) bond motifs is 1. The number of carbonyl (C=O) groups is 2. The van der Waals surface area contributed by atoms with Crippen LogP contribution in [0.2, 0.25) is 0 Å². The normalized spacial score (nSPS) is 11.4. The van der Waals surface area contributed by atoms with Crippen molar-refractivity contribution < 1.29 is 23.3 Å². The number of nitro groups is 1. The molecule has 0 atom stereocenters. The van der Waals surface area contributed by atoms with E-state index in [1.807, 2.05) is 6.92 Å². The Morgan fingerprint density at radius 1 is 1.20 bits per heavy atom. The molecule has 0 bridgehead atoms. The average molecular weight is 572 g/mol. The van der Waals surface area contributed by atoms with Gasteiger partial charge in [0.1, 0.15) is 15.4 Å². The van der Waals surface area contributed by atoms with Crippen molar-refractivity contribution in [3.8, 4) is 11.1 Å². The summed E-state index contributed by atoms with van der Waals surface area (Å²) >= 11 is 0.780. The van der Waals surface area contributed by atoms with Crippen molar-refractivity contribution in [2.75, 3.05) is 5.32 Å². The average Bonchev–Trinajstić information content (AvgIpc) is 3.70. The van der Waals surface area contributed by atoms with Gasteiger partial charge in [-0.15, -0.1) is 11.3 Å². The van der Waals surface area contributed by atoms with Crippen LogP contribution in [0.25, 0.3) is 21.3 Å². The van der Waals surface area contributed by atoms with Gasteiger partial charge >= 0.3 is 5.95 Å². The molecule has 206 valence electrons. The first kappa shape index (κ1) is 26.5. The number of carbonyl (C=O) groups excluding carboxylic acids is 2. The van der Waals surface area contributed by atoms with Gasteiger partial charge in [0.15, 0.2) is 12.4 Å². The van der Waals surface area contributed by atoms with Gasteiger partial charge in [0.25, 0.3) is 18.2 Å². The number of aryl methyl sites for hydroxylation is 2. The highest BCUT2D eigenvalue weighted by Gasteiger charge is 2.27. The molecule has 0 spiro atoms. The van der Waals surface area contributed by atoms with E-state index in [4.69, 9.17) is 5.73 Å². The minimum Gasteiger partial charge on any atom is -0.390 e. The number of hydrogen-bond donors (Lipinski definition) is 2. The Balaban J connectivity index is 1.55. The van der Waals surface area contributed by atoms with Crippen LogP contribution in [0.4, 0.5) is 20.4 Å². The van der Waals surface area contributed by atoms with E-state index in [0.717, 1.165) is 22.3 Å². The highest BCUT2D eigenvalue weighted by atomic mass is 32.1. The third-order valence-electron chi connectivity index (χ3n) is 5.78. The third kappa shape index (κ3) is 4.86. The summed E-state index contributed by atoms with van der Waals surface area (Å²) in [6.45, 7) is 4.04. The van der Waals surface area contributed by atoms with E-state index in [2.05, 4.69) is 30.6 Å². The van der Waals surface area contributed by atoms with Crippen LogP contribution in [0.3, 0.4) is 0 Å². The fourth-order valence-electron chi connectivity index (χ4n) is 4.00. The number of nitrogens with zero attached hydrogens (tertiary/aromatic N) is 9. The lowest BCUT2D eigenvalue weighted by Gasteiger charge is -2.10. The molecule has 5 rings (SSSR count). The van der Waals surface area contributed by atoms with Crippen molar-refractivity contribution >= 4 is 45.0 Å². The molecule has 0 aliphatic carbocycles. The summed E-state index contributed by atoms with van der Waals surface area (Å²) in [5.41, 5.74) is 6.39. The number of aromatic nitrogens is 8. The molecule has 0 radical (unpaired) electrons. The fraction of sp³-hybridized carbons (Fsp3) is 0.227. The van der Waals surface area contributed by atoms with Crippen LogP contribution in [0.1, 0.15) is 44.9 Å². The van der Waals surface area contributed by atoms with E-state index in [9.17, 15) is 28.5 Å². The van der Waals surface area contributed by atoms with Crippen LogP contribution in [-0.4, -0.2) is 56.0 Å². The van der Waals surface area contributed by atoms with Crippen LogP contribution < -0.4 is 11.1 Å². The quantitative estimate of drug-likeness (QED) is 0.197. The van der Waals surface area contributed by atoms with E-state index >= 15 is 0 Å². The molecule has 18 heteroatoms. The highest BCUT2D eigenvalue weighted by Crippen LogP contribution is 2.43. The number of nitrogens with two attached hydrogens (primary N) is 1. The van der Waals surface area contributed by atoms with E-state index in [0.29, 0.717) is 23.4 Å². The molecule has 0 fully saturated rings. The second-order valence-electron chi connectivity index (χ2n) is 8.41. The van der Waals surface area contributed by atoms with Crippen LogP contribution >= 0.6 is 11.3 Å². The molecule has 0 aliphatic rings. The monoisotopic (exact) mass is 571 g/mol. The van der Waals surface area contributed by atoms with Gasteiger partial charge in [-0.25, -0.2) is 18.4 Å². The number of rotatable bonds is 9. The SMILES string of the molecule is CCn1cc(-c2cc(C(F)F)nc3sc(C(N)=O)c(NC(=O)c4ccn(Cn5cnc([N+](=O)[O-])n5)n4)c23)c(C)n1. The molecular formula is C22H19F2N11O4S. The Hall–Kier alpha value is -5.13. The van der Waals surface area contributed by atoms with E-state index in [1.165, 1.54) is 23.0 Å². The molecule has 0 aliphatic heterocycles. The number of thiophene rings is 1. The fourth-order valence-corrected chi connectivity index (χ4v) is 5.02. The van der Waals surface area contributed by atoms with Crippen molar-refractivity contribution in [1.82, 2.24) is 39.3 Å². The van der Waals surface area contributed by atoms with Crippen molar-refractivity contribution in [3.63, 3.8) is 0 Å². The zero-order chi connectivity index (χ0) is 28.7. The molecular weight excluding hydrogens is 552 g/mol. The van der Waals surface area contributed by atoms with Crippen LogP contribution in [0.5, 0.6) is 0 Å². The first-order valence-corrected chi connectivity index (χ1v) is 12.4. The minimum absolute atomic E-state index is 0.00548. The minimum atomic E-state index is -2.89. The first-order chi connectivity index (χ1) is 19.0. The lowest BCUT2D eigenvalue weighted by Crippen LogP contribution is -2.18. The van der Waals surface area contributed by atoms with Crippen LogP contribution in [-0.2, 0) is 13.2 Å². The predicted octanol–water partition coefficient (Wildman–Crippen LogP) is 2.98. The Labute approximate surface area is 226 Å². The Kier molecular flexibility index (Phi) is 6.76. The summed E-state index contributed by atoms with van der Waals surface area (Å²) in [6, 6.07) is 2.58. The van der Waals surface area contributed by atoms with E-state index < -0.39 is 34.8 Å². The molecule has 0 aromatic carbocycles. The third-order valence-corrected chi connectivity index (χ3v) is 6.88. The van der Waals surface area contributed by atoms with E-state index in [-0.39, 0.29) is 33.1 Å². The van der Waals surface area contributed by atoms with E-state index in [1.54, 1.807) is 17.8 Å². The van der Waals surface area contributed by atoms with Gasteiger partial charge in [0, 0.05) is 35.0 Å². The van der Waals surface area contributed by atoms with Gasteiger partial charge in [-0.05, 0) is 36.5 Å². The second-order valence-corrected chi connectivity index (χ2v) is 9.41. The maximum atomic E-state index is 13.8.